The number of anilines is 1. The number of fused-ring (bicyclic) bond motifs is 1. The fourth-order valence-electron chi connectivity index (χ4n) is 3.41. The van der Waals surface area contributed by atoms with E-state index in [0.29, 0.717) is 12.6 Å². The quantitative estimate of drug-likeness (QED) is 0.780. The van der Waals surface area contributed by atoms with Gasteiger partial charge in [0.1, 0.15) is 0 Å². The smallest absolute Gasteiger partial charge is 0.238 e. The summed E-state index contributed by atoms with van der Waals surface area (Å²) in [6, 6.07) is 14.3. The Kier molecular flexibility index (Phi) is 4.28. The maximum absolute atomic E-state index is 12.6. The summed E-state index contributed by atoms with van der Waals surface area (Å²) in [7, 11) is 0. The molecule has 122 valence electrons. The number of nitrogens with one attached hydrogen (secondary N) is 1. The Labute approximate surface area is 145 Å². The van der Waals surface area contributed by atoms with Crippen LogP contribution in [0.25, 0.3) is 10.9 Å². The summed E-state index contributed by atoms with van der Waals surface area (Å²) in [4.78, 5) is 20.5. The van der Waals surface area contributed by atoms with Crippen LogP contribution in [0.4, 0.5) is 5.69 Å². The van der Waals surface area contributed by atoms with Gasteiger partial charge >= 0.3 is 0 Å². The topological polar surface area (TPSA) is 45.2 Å². The molecule has 0 bridgehead atoms. The number of nitrogens with zero attached hydrogens (tertiary/aromatic N) is 2. The summed E-state index contributed by atoms with van der Waals surface area (Å²) >= 11 is 1.78. The zero-order valence-electron chi connectivity index (χ0n) is 13.3. The normalized spacial score (nSPS) is 18.1. The molecule has 1 aromatic carbocycles. The van der Waals surface area contributed by atoms with E-state index in [9.17, 15) is 4.79 Å². The lowest BCUT2D eigenvalue weighted by Gasteiger charge is -2.23. The number of hydrogen-bond donors (Lipinski definition) is 1. The van der Waals surface area contributed by atoms with Gasteiger partial charge in [-0.15, -0.1) is 11.3 Å². The highest BCUT2D eigenvalue weighted by Crippen LogP contribution is 2.34. The fourth-order valence-corrected chi connectivity index (χ4v) is 4.30. The van der Waals surface area contributed by atoms with E-state index in [2.05, 4.69) is 32.7 Å². The molecule has 1 atom stereocenters. The van der Waals surface area contributed by atoms with Gasteiger partial charge in [0.25, 0.3) is 0 Å². The SMILES string of the molecule is O=C(CN1CCCC1c1cccs1)Nc1cccc2ncccc12. The molecule has 1 aliphatic heterocycles. The highest BCUT2D eigenvalue weighted by atomic mass is 32.1. The molecule has 1 amide bonds. The second-order valence-corrected chi connectivity index (χ2v) is 7.05. The summed E-state index contributed by atoms with van der Waals surface area (Å²) in [5.74, 6) is 0.0369. The van der Waals surface area contributed by atoms with Gasteiger partial charge in [0, 0.05) is 22.5 Å². The van der Waals surface area contributed by atoms with E-state index >= 15 is 0 Å². The van der Waals surface area contributed by atoms with Crippen LogP contribution in [0.1, 0.15) is 23.8 Å². The maximum Gasteiger partial charge on any atom is 0.238 e. The average Bonchev–Trinajstić information content (AvgIpc) is 3.26. The molecule has 1 aliphatic rings. The molecule has 0 spiro atoms. The van der Waals surface area contributed by atoms with Crippen LogP contribution in [0, 0.1) is 0 Å². The highest BCUT2D eigenvalue weighted by molar-refractivity contribution is 7.10. The van der Waals surface area contributed by atoms with Gasteiger partial charge < -0.3 is 5.32 Å². The predicted octanol–water partition coefficient (Wildman–Crippen LogP) is 4.07. The third kappa shape index (κ3) is 3.05. The molecule has 0 aliphatic carbocycles. The first kappa shape index (κ1) is 15.3. The van der Waals surface area contributed by atoms with Crippen molar-refractivity contribution in [3.63, 3.8) is 0 Å². The van der Waals surface area contributed by atoms with E-state index in [1.54, 1.807) is 17.5 Å². The molecule has 1 saturated heterocycles. The lowest BCUT2D eigenvalue weighted by molar-refractivity contribution is -0.117. The van der Waals surface area contributed by atoms with Crippen LogP contribution in [0.3, 0.4) is 0 Å². The number of hydrogen-bond acceptors (Lipinski definition) is 4. The standard InChI is InChI=1S/C19H19N3OS/c23-19(13-22-11-3-8-17(22)18-9-4-12-24-18)21-16-7-1-6-15-14(16)5-2-10-20-15/h1-2,4-7,9-10,12,17H,3,8,11,13H2,(H,21,23). The first-order chi connectivity index (χ1) is 11.8. The number of aromatic nitrogens is 1. The second-order valence-electron chi connectivity index (χ2n) is 6.07. The van der Waals surface area contributed by atoms with Crippen molar-refractivity contribution in [2.45, 2.75) is 18.9 Å². The lowest BCUT2D eigenvalue weighted by Crippen LogP contribution is -2.32. The Morgan fingerprint density at radius 2 is 2.21 bits per heavy atom. The zero-order chi connectivity index (χ0) is 16.4. The molecule has 1 fully saturated rings. The number of benzene rings is 1. The van der Waals surface area contributed by atoms with E-state index < -0.39 is 0 Å². The molecular weight excluding hydrogens is 318 g/mol. The van der Waals surface area contributed by atoms with Crippen molar-refractivity contribution in [1.82, 2.24) is 9.88 Å². The first-order valence-corrected chi connectivity index (χ1v) is 9.10. The summed E-state index contributed by atoms with van der Waals surface area (Å²) in [5, 5.41) is 6.14. The Balaban J connectivity index is 1.48. The van der Waals surface area contributed by atoms with Crippen LogP contribution in [-0.2, 0) is 4.79 Å². The fraction of sp³-hybridized carbons (Fsp3) is 0.263. The molecule has 24 heavy (non-hydrogen) atoms. The Morgan fingerprint density at radius 3 is 3.08 bits per heavy atom. The van der Waals surface area contributed by atoms with E-state index in [1.165, 1.54) is 4.88 Å². The largest absolute Gasteiger partial charge is 0.324 e. The van der Waals surface area contributed by atoms with Gasteiger partial charge in [-0.3, -0.25) is 14.7 Å². The summed E-state index contributed by atoms with van der Waals surface area (Å²) in [6.45, 7) is 1.41. The molecular formula is C19H19N3OS. The summed E-state index contributed by atoms with van der Waals surface area (Å²) in [6.07, 6.45) is 4.05. The van der Waals surface area contributed by atoms with Gasteiger partial charge in [0.2, 0.25) is 5.91 Å². The van der Waals surface area contributed by atoms with Gasteiger partial charge in [-0.2, -0.15) is 0 Å². The van der Waals surface area contributed by atoms with Gasteiger partial charge in [-0.1, -0.05) is 12.1 Å². The second kappa shape index (κ2) is 6.71. The number of thiophene rings is 1. The molecule has 0 saturated carbocycles. The average molecular weight is 337 g/mol. The van der Waals surface area contributed by atoms with Gasteiger partial charge in [-0.05, 0) is 55.1 Å². The minimum absolute atomic E-state index is 0.0369. The number of rotatable bonds is 4. The summed E-state index contributed by atoms with van der Waals surface area (Å²) < 4.78 is 0. The molecule has 3 aromatic rings. The van der Waals surface area contributed by atoms with E-state index in [1.807, 2.05) is 30.3 Å². The molecule has 2 aromatic heterocycles. The van der Waals surface area contributed by atoms with Crippen LogP contribution in [-0.4, -0.2) is 28.9 Å². The van der Waals surface area contributed by atoms with Crippen molar-refractivity contribution in [3.05, 3.63) is 58.9 Å². The Bertz CT molecular complexity index is 841. The molecule has 4 rings (SSSR count). The molecule has 0 radical (unpaired) electrons. The van der Waals surface area contributed by atoms with Crippen LogP contribution in [0.15, 0.2) is 54.0 Å². The van der Waals surface area contributed by atoms with Gasteiger partial charge in [-0.25, -0.2) is 0 Å². The predicted molar refractivity (Wildman–Crippen MR) is 98.2 cm³/mol. The summed E-state index contributed by atoms with van der Waals surface area (Å²) in [5.41, 5.74) is 1.73. The first-order valence-electron chi connectivity index (χ1n) is 8.22. The van der Waals surface area contributed by atoms with Crippen LogP contribution < -0.4 is 5.32 Å². The lowest BCUT2D eigenvalue weighted by atomic mass is 10.1. The van der Waals surface area contributed by atoms with Crippen molar-refractivity contribution in [1.29, 1.82) is 0 Å². The number of carbonyl (C=O) groups excluding carboxylic acids is 1. The molecule has 3 heterocycles. The molecule has 1 unspecified atom stereocenters. The van der Waals surface area contributed by atoms with Crippen molar-refractivity contribution < 1.29 is 4.79 Å². The van der Waals surface area contributed by atoms with Crippen LogP contribution in [0.5, 0.6) is 0 Å². The number of carbonyl (C=O) groups is 1. The Hall–Kier alpha value is -2.24. The number of pyridine rings is 1. The maximum atomic E-state index is 12.6. The monoisotopic (exact) mass is 337 g/mol. The van der Waals surface area contributed by atoms with Crippen molar-refractivity contribution in [2.24, 2.45) is 0 Å². The minimum atomic E-state index is 0.0369. The van der Waals surface area contributed by atoms with E-state index in [-0.39, 0.29) is 5.91 Å². The number of likely N-dealkylation sites (tertiary alicyclic amines) is 1. The molecule has 1 N–H and O–H groups in total. The van der Waals surface area contributed by atoms with Crippen LogP contribution in [0.2, 0.25) is 0 Å². The zero-order valence-corrected chi connectivity index (χ0v) is 14.1. The van der Waals surface area contributed by atoms with Gasteiger partial charge in [0.15, 0.2) is 0 Å². The third-order valence-electron chi connectivity index (χ3n) is 4.50. The van der Waals surface area contributed by atoms with Gasteiger partial charge in [0.05, 0.1) is 17.7 Å². The van der Waals surface area contributed by atoms with Crippen LogP contribution >= 0.6 is 11.3 Å². The molecule has 5 heteroatoms. The third-order valence-corrected chi connectivity index (χ3v) is 5.48. The van der Waals surface area contributed by atoms with Crippen molar-refractivity contribution in [2.75, 3.05) is 18.4 Å². The van der Waals surface area contributed by atoms with Crippen molar-refractivity contribution >= 4 is 33.8 Å². The molecule has 4 nitrogen and oxygen atoms in total. The van der Waals surface area contributed by atoms with E-state index in [0.717, 1.165) is 36.0 Å². The van der Waals surface area contributed by atoms with E-state index in [4.69, 9.17) is 0 Å². The Morgan fingerprint density at radius 1 is 1.25 bits per heavy atom. The minimum Gasteiger partial charge on any atom is -0.324 e. The van der Waals surface area contributed by atoms with Crippen molar-refractivity contribution in [3.8, 4) is 0 Å². The number of amides is 1. The highest BCUT2D eigenvalue weighted by Gasteiger charge is 2.28.